The summed E-state index contributed by atoms with van der Waals surface area (Å²) in [6, 6.07) is 7.92. The molecule has 1 aromatic rings. The normalized spacial score (nSPS) is 10.4. The Kier molecular flexibility index (Phi) is 5.00. The summed E-state index contributed by atoms with van der Waals surface area (Å²) in [5.41, 5.74) is 0. The second-order valence-corrected chi connectivity index (χ2v) is 3.65. The Bertz CT molecular complexity index is 325. The van der Waals surface area contributed by atoms with E-state index in [1.807, 2.05) is 0 Å². The molecule has 62 valence electrons. The quantitative estimate of drug-likeness (QED) is 0.369. The number of benzene rings is 1. The minimum atomic E-state index is -3.47. The molecule has 0 unspecified atom stereocenters. The fraction of sp³-hybridized carbons (Fsp3) is 0. The molecule has 0 aliphatic heterocycles. The summed E-state index contributed by atoms with van der Waals surface area (Å²) in [5.74, 6) is 4.80. The van der Waals surface area contributed by atoms with Gasteiger partial charge in [-0.15, -0.1) is 0 Å². The second-order valence-electron chi connectivity index (χ2n) is 1.93. The van der Waals surface area contributed by atoms with E-state index < -0.39 is 10.0 Å². The van der Waals surface area contributed by atoms with Crippen LogP contribution in [0.4, 0.5) is 0 Å². The molecule has 0 aromatic heterocycles. The zero-order chi connectivity index (χ0) is 8.32. The van der Waals surface area contributed by atoms with Gasteiger partial charge in [0, 0.05) is 0 Å². The first-order valence-electron chi connectivity index (χ1n) is 2.94. The zero-order valence-electron chi connectivity index (χ0n) is 5.69. The van der Waals surface area contributed by atoms with Crippen LogP contribution >= 0.6 is 0 Å². The molecule has 0 aliphatic rings. The fourth-order valence-electron chi connectivity index (χ4n) is 0.668. The number of hydrogen-bond donors (Lipinski definition) is 2. The van der Waals surface area contributed by atoms with Gasteiger partial charge in [-0.2, -0.15) is 4.83 Å². The van der Waals surface area contributed by atoms with Crippen LogP contribution in [0.25, 0.3) is 0 Å². The van der Waals surface area contributed by atoms with Gasteiger partial charge in [0.05, 0.1) is 4.90 Å². The van der Waals surface area contributed by atoms with Crippen molar-refractivity contribution in [2.75, 3.05) is 0 Å². The summed E-state index contributed by atoms with van der Waals surface area (Å²) in [4.78, 5) is 1.90. The third kappa shape index (κ3) is 2.85. The summed E-state index contributed by atoms with van der Waals surface area (Å²) in [6.07, 6.45) is 0. The number of nitrogens with one attached hydrogen (secondary N) is 1. The van der Waals surface area contributed by atoms with E-state index in [1.165, 1.54) is 12.1 Å². The molecule has 0 radical (unpaired) electrons. The van der Waals surface area contributed by atoms with Crippen LogP contribution in [0.3, 0.4) is 0 Å². The molecule has 0 spiro atoms. The van der Waals surface area contributed by atoms with Crippen molar-refractivity contribution in [1.82, 2.24) is 4.83 Å². The Morgan fingerprint density at radius 1 is 1.17 bits per heavy atom. The van der Waals surface area contributed by atoms with E-state index in [9.17, 15) is 8.42 Å². The van der Waals surface area contributed by atoms with Crippen LogP contribution in [0.1, 0.15) is 0 Å². The third-order valence-electron chi connectivity index (χ3n) is 1.21. The Morgan fingerprint density at radius 3 is 2.08 bits per heavy atom. The fourth-order valence-corrected chi connectivity index (χ4v) is 1.32. The molecule has 0 saturated carbocycles. The average Bonchev–Trinajstić information content (AvgIpc) is 2.06. The van der Waals surface area contributed by atoms with Gasteiger partial charge < -0.3 is 0 Å². The summed E-state index contributed by atoms with van der Waals surface area (Å²) >= 11 is 0. The monoisotopic (exact) mass is 196 g/mol. The molecule has 0 fully saturated rings. The maximum atomic E-state index is 11.0. The summed E-state index contributed by atoms with van der Waals surface area (Å²) < 4.78 is 21.9. The first kappa shape index (κ1) is 12.1. The number of hydrogen-bond acceptors (Lipinski definition) is 3. The molecule has 1 aromatic carbocycles. The number of rotatable bonds is 2. The van der Waals surface area contributed by atoms with Crippen LogP contribution in [0, 0.1) is 0 Å². The van der Waals surface area contributed by atoms with Gasteiger partial charge in [0.15, 0.2) is 0 Å². The van der Waals surface area contributed by atoms with Crippen LogP contribution in [0.15, 0.2) is 35.2 Å². The van der Waals surface area contributed by atoms with E-state index in [2.05, 4.69) is 0 Å². The van der Waals surface area contributed by atoms with Gasteiger partial charge >= 0.3 is 29.6 Å². The van der Waals surface area contributed by atoms with E-state index in [-0.39, 0.29) is 34.5 Å². The van der Waals surface area contributed by atoms with Gasteiger partial charge in [0.2, 0.25) is 0 Å². The molecule has 0 saturated heterocycles. The number of nitrogens with two attached hydrogens (primary N) is 1. The van der Waals surface area contributed by atoms with Crippen LogP contribution in [-0.2, 0) is 10.0 Å². The van der Waals surface area contributed by atoms with Crippen molar-refractivity contribution in [3.63, 3.8) is 0 Å². The van der Waals surface area contributed by atoms with Crippen molar-refractivity contribution in [1.29, 1.82) is 0 Å². The molecule has 4 nitrogen and oxygen atoms in total. The molecular weight excluding hydrogens is 187 g/mol. The first-order valence-corrected chi connectivity index (χ1v) is 4.42. The molecule has 0 heterocycles. The molecular formula is C6H9N2NaO2S. The molecule has 6 heteroatoms. The number of sulfonamides is 1. The third-order valence-corrected chi connectivity index (χ3v) is 2.41. The van der Waals surface area contributed by atoms with Crippen molar-refractivity contribution in [3.8, 4) is 0 Å². The van der Waals surface area contributed by atoms with E-state index in [0.717, 1.165) is 0 Å². The molecule has 0 amide bonds. The first-order chi connectivity index (χ1) is 5.17. The van der Waals surface area contributed by atoms with Crippen LogP contribution in [0.5, 0.6) is 0 Å². The van der Waals surface area contributed by atoms with Gasteiger partial charge in [0.25, 0.3) is 10.0 Å². The Balaban J connectivity index is 0.00000121. The van der Waals surface area contributed by atoms with Crippen LogP contribution < -0.4 is 10.7 Å². The van der Waals surface area contributed by atoms with Gasteiger partial charge in [-0.1, -0.05) is 18.2 Å². The van der Waals surface area contributed by atoms with E-state index >= 15 is 0 Å². The molecule has 12 heavy (non-hydrogen) atoms. The minimum absolute atomic E-state index is 0. The summed E-state index contributed by atoms with van der Waals surface area (Å²) in [5, 5.41) is 0. The molecule has 0 aliphatic carbocycles. The van der Waals surface area contributed by atoms with Gasteiger partial charge in [0.1, 0.15) is 0 Å². The SMILES string of the molecule is NNS(=O)(=O)c1ccccc1.[NaH]. The maximum absolute atomic E-state index is 11.0. The molecule has 3 N–H and O–H groups in total. The van der Waals surface area contributed by atoms with Crippen molar-refractivity contribution in [2.24, 2.45) is 5.84 Å². The van der Waals surface area contributed by atoms with Crippen molar-refractivity contribution in [3.05, 3.63) is 30.3 Å². The number of hydrazine groups is 1. The Morgan fingerprint density at radius 2 is 1.67 bits per heavy atom. The summed E-state index contributed by atoms with van der Waals surface area (Å²) in [7, 11) is -3.47. The molecule has 1 rings (SSSR count). The van der Waals surface area contributed by atoms with Gasteiger partial charge in [-0.05, 0) is 12.1 Å². The zero-order valence-corrected chi connectivity index (χ0v) is 6.51. The summed E-state index contributed by atoms with van der Waals surface area (Å²) in [6.45, 7) is 0. The molecule has 0 atom stereocenters. The average molecular weight is 196 g/mol. The van der Waals surface area contributed by atoms with Crippen LogP contribution in [0.2, 0.25) is 0 Å². The standard InChI is InChI=1S/C6H8N2O2S.Na.H/c7-8-11(9,10)6-4-2-1-3-5-6;;/h1-5,8H,7H2;;. The van der Waals surface area contributed by atoms with Crippen LogP contribution in [-0.4, -0.2) is 38.0 Å². The van der Waals surface area contributed by atoms with Gasteiger partial charge in [-0.3, -0.25) is 5.84 Å². The predicted octanol–water partition coefficient (Wildman–Crippen LogP) is -0.810. The van der Waals surface area contributed by atoms with E-state index in [1.54, 1.807) is 23.0 Å². The molecule has 0 bridgehead atoms. The van der Waals surface area contributed by atoms with Crippen molar-refractivity contribution >= 4 is 39.6 Å². The van der Waals surface area contributed by atoms with E-state index in [0.29, 0.717) is 0 Å². The predicted molar refractivity (Wildman–Crippen MR) is 48.1 cm³/mol. The van der Waals surface area contributed by atoms with Gasteiger partial charge in [-0.25, -0.2) is 8.42 Å². The van der Waals surface area contributed by atoms with Crippen molar-refractivity contribution < 1.29 is 8.42 Å². The van der Waals surface area contributed by atoms with Crippen molar-refractivity contribution in [2.45, 2.75) is 4.90 Å². The Labute approximate surface area is 93.5 Å². The second kappa shape index (κ2) is 4.96. The van der Waals surface area contributed by atoms with E-state index in [4.69, 9.17) is 5.84 Å². The topological polar surface area (TPSA) is 72.2 Å². The Hall–Kier alpha value is 0.0900.